The molecule has 1 saturated heterocycles. The number of carboxylic acid groups (broad SMARTS) is 1. The van der Waals surface area contributed by atoms with Crippen LogP contribution in [0.25, 0.3) is 11.2 Å². The van der Waals surface area contributed by atoms with Crippen LogP contribution in [0.1, 0.15) is 18.3 Å². The Kier molecular flexibility index (Phi) is 5.73. The number of aryl methyl sites for hydroxylation is 1. The van der Waals surface area contributed by atoms with Gasteiger partial charge in [0.1, 0.15) is 30.1 Å². The van der Waals surface area contributed by atoms with Crippen molar-refractivity contribution < 1.29 is 24.9 Å². The molecule has 1 aliphatic rings. The van der Waals surface area contributed by atoms with E-state index in [1.54, 1.807) is 4.57 Å². The molecule has 0 aliphatic carbocycles. The van der Waals surface area contributed by atoms with Crippen LogP contribution in [0.2, 0.25) is 0 Å². The van der Waals surface area contributed by atoms with E-state index in [2.05, 4.69) is 15.0 Å². The summed E-state index contributed by atoms with van der Waals surface area (Å²) in [5.41, 5.74) is 7.30. The van der Waals surface area contributed by atoms with E-state index in [9.17, 15) is 15.0 Å². The summed E-state index contributed by atoms with van der Waals surface area (Å²) in [5.74, 6) is -0.120. The highest BCUT2D eigenvalue weighted by molar-refractivity contribution is 7.99. The molecule has 0 radical (unpaired) electrons. The van der Waals surface area contributed by atoms with E-state index >= 15 is 0 Å². The quantitative estimate of drug-likeness (QED) is 0.450. The van der Waals surface area contributed by atoms with Gasteiger partial charge in [-0.15, -0.1) is 0 Å². The number of aliphatic carboxylic acids is 1. The number of hydrogen-bond donors (Lipinski definition) is 4. The van der Waals surface area contributed by atoms with Crippen molar-refractivity contribution in [3.8, 4) is 0 Å². The molecule has 0 spiro atoms. The molecule has 3 unspecified atom stereocenters. The third-order valence-corrected chi connectivity index (χ3v) is 5.41. The number of carbonyl (C=O) groups is 1. The van der Waals surface area contributed by atoms with Gasteiger partial charge in [-0.3, -0.25) is 9.36 Å². The van der Waals surface area contributed by atoms with Crippen LogP contribution in [0.3, 0.4) is 0 Å². The van der Waals surface area contributed by atoms with E-state index in [0.29, 0.717) is 34.8 Å². The van der Waals surface area contributed by atoms with Gasteiger partial charge in [-0.1, -0.05) is 0 Å². The van der Waals surface area contributed by atoms with E-state index < -0.39 is 36.6 Å². The number of rotatable bonds is 7. The first-order valence-corrected chi connectivity index (χ1v) is 9.27. The van der Waals surface area contributed by atoms with Crippen molar-refractivity contribution in [3.63, 3.8) is 0 Å². The summed E-state index contributed by atoms with van der Waals surface area (Å²) in [6, 6.07) is -0.907. The maximum absolute atomic E-state index is 10.7. The molecule has 1 fully saturated rings. The summed E-state index contributed by atoms with van der Waals surface area (Å²) < 4.78 is 7.41. The van der Waals surface area contributed by atoms with Crippen molar-refractivity contribution in [2.24, 2.45) is 5.73 Å². The van der Waals surface area contributed by atoms with Gasteiger partial charge in [0, 0.05) is 5.75 Å². The average molecular weight is 383 g/mol. The molecule has 0 amide bonds. The Morgan fingerprint density at radius 1 is 1.38 bits per heavy atom. The molecule has 10 nitrogen and oxygen atoms in total. The molecule has 142 valence electrons. The maximum atomic E-state index is 10.7. The summed E-state index contributed by atoms with van der Waals surface area (Å²) in [7, 11) is 0. The zero-order valence-electron chi connectivity index (χ0n) is 14.1. The number of aliphatic hydroxyl groups is 2. The number of aromatic nitrogens is 4. The minimum Gasteiger partial charge on any atom is -0.480 e. The molecule has 0 bridgehead atoms. The Balaban J connectivity index is 1.64. The van der Waals surface area contributed by atoms with E-state index in [1.165, 1.54) is 24.4 Å². The lowest BCUT2D eigenvalue weighted by Gasteiger charge is -2.16. The van der Waals surface area contributed by atoms with Gasteiger partial charge in [-0.05, 0) is 19.1 Å². The van der Waals surface area contributed by atoms with Crippen molar-refractivity contribution in [1.29, 1.82) is 0 Å². The minimum absolute atomic E-state index is 0.317. The Bertz CT molecular complexity index is 787. The van der Waals surface area contributed by atoms with Crippen LogP contribution in [0.5, 0.6) is 0 Å². The average Bonchev–Trinajstić information content (AvgIpc) is 3.15. The molecule has 2 aromatic heterocycles. The molecule has 3 rings (SSSR count). The molecule has 11 heteroatoms. The predicted molar refractivity (Wildman–Crippen MR) is 93.5 cm³/mol. The van der Waals surface area contributed by atoms with Crippen molar-refractivity contribution in [1.82, 2.24) is 19.5 Å². The fourth-order valence-electron chi connectivity index (χ4n) is 2.79. The molecule has 1 aliphatic heterocycles. The van der Waals surface area contributed by atoms with Crippen LogP contribution in [-0.4, -0.2) is 76.7 Å². The molecule has 0 aromatic carbocycles. The zero-order valence-corrected chi connectivity index (χ0v) is 14.9. The highest BCUT2D eigenvalue weighted by Crippen LogP contribution is 2.33. The van der Waals surface area contributed by atoms with Gasteiger partial charge in [-0.2, -0.15) is 11.8 Å². The lowest BCUT2D eigenvalue weighted by Crippen LogP contribution is -2.33. The van der Waals surface area contributed by atoms with Crippen LogP contribution < -0.4 is 5.73 Å². The number of nitrogens with two attached hydrogens (primary N) is 1. The molecule has 5 N–H and O–H groups in total. The zero-order chi connectivity index (χ0) is 18.8. The summed E-state index contributed by atoms with van der Waals surface area (Å²) in [6.07, 6.45) is -0.369. The Morgan fingerprint density at radius 2 is 2.15 bits per heavy atom. The summed E-state index contributed by atoms with van der Waals surface area (Å²) >= 11 is 1.42. The van der Waals surface area contributed by atoms with Crippen molar-refractivity contribution in [2.45, 2.75) is 43.9 Å². The minimum atomic E-state index is -1.13. The summed E-state index contributed by atoms with van der Waals surface area (Å²) in [4.78, 5) is 23.2. The third kappa shape index (κ3) is 3.67. The second-order valence-corrected chi connectivity index (χ2v) is 7.29. The van der Waals surface area contributed by atoms with E-state index in [1.807, 2.05) is 6.92 Å². The second-order valence-electron chi connectivity index (χ2n) is 6.14. The topological polar surface area (TPSA) is 157 Å². The molecular weight excluding hydrogens is 362 g/mol. The number of nitrogens with zero attached hydrogens (tertiary/aromatic N) is 4. The molecular formula is C15H21N5O5S. The predicted octanol–water partition coefficient (Wildman–Crippen LogP) is -0.711. The van der Waals surface area contributed by atoms with Crippen molar-refractivity contribution in [3.05, 3.63) is 18.3 Å². The number of fused-ring (bicyclic) bond motifs is 1. The number of imidazole rings is 1. The summed E-state index contributed by atoms with van der Waals surface area (Å²) in [6.45, 7) is 1.81. The standard InChI is InChI=1S/C15H21N5O5S/c1-7-10-13(18-5-17-7)20(6-19-10)14-12(22)11(21)9(25-14)4-26-3-2-8(16)15(23)24/h5-6,8-9,11-12,14,21-22H,2-4,16H2,1H3,(H,23,24)/t8?,9?,11-,12-,14?/m1/s1. The van der Waals surface area contributed by atoms with Gasteiger partial charge < -0.3 is 25.8 Å². The first-order valence-electron chi connectivity index (χ1n) is 8.12. The number of hydrogen-bond acceptors (Lipinski definition) is 9. The van der Waals surface area contributed by atoms with Crippen molar-refractivity contribution in [2.75, 3.05) is 11.5 Å². The van der Waals surface area contributed by atoms with Crippen LogP contribution in [0.4, 0.5) is 0 Å². The SMILES string of the molecule is Cc1ncnc2c1ncn2C1OC(CSCCC(N)C(=O)O)[C@@H](O)[C@H]1O. The molecule has 3 heterocycles. The maximum Gasteiger partial charge on any atom is 0.320 e. The third-order valence-electron chi connectivity index (χ3n) is 4.33. The number of carboxylic acids is 1. The Hall–Kier alpha value is -1.79. The fourth-order valence-corrected chi connectivity index (χ4v) is 3.88. The summed E-state index contributed by atoms with van der Waals surface area (Å²) in [5, 5.41) is 29.4. The highest BCUT2D eigenvalue weighted by atomic mass is 32.2. The van der Waals surface area contributed by atoms with Crippen LogP contribution in [0, 0.1) is 6.92 Å². The molecule has 5 atom stereocenters. The van der Waals surface area contributed by atoms with E-state index in [4.69, 9.17) is 15.6 Å². The second kappa shape index (κ2) is 7.84. The monoisotopic (exact) mass is 383 g/mol. The number of aliphatic hydroxyl groups excluding tert-OH is 2. The van der Waals surface area contributed by atoms with Gasteiger partial charge >= 0.3 is 5.97 Å². The highest BCUT2D eigenvalue weighted by Gasteiger charge is 2.44. The molecule has 26 heavy (non-hydrogen) atoms. The van der Waals surface area contributed by atoms with Crippen LogP contribution >= 0.6 is 11.8 Å². The van der Waals surface area contributed by atoms with Gasteiger partial charge in [-0.25, -0.2) is 15.0 Å². The van der Waals surface area contributed by atoms with E-state index in [-0.39, 0.29) is 0 Å². The van der Waals surface area contributed by atoms with Gasteiger partial charge in [0.2, 0.25) is 0 Å². The van der Waals surface area contributed by atoms with Crippen LogP contribution in [0.15, 0.2) is 12.7 Å². The normalized spacial score (nSPS) is 27.1. The molecule has 0 saturated carbocycles. The van der Waals surface area contributed by atoms with Gasteiger partial charge in [0.05, 0.1) is 18.1 Å². The number of ether oxygens (including phenoxy) is 1. The lowest BCUT2D eigenvalue weighted by atomic mass is 10.1. The largest absolute Gasteiger partial charge is 0.480 e. The smallest absolute Gasteiger partial charge is 0.320 e. The van der Waals surface area contributed by atoms with E-state index in [0.717, 1.165) is 0 Å². The first kappa shape index (κ1) is 19.0. The Morgan fingerprint density at radius 3 is 2.88 bits per heavy atom. The Labute approximate surface area is 153 Å². The van der Waals surface area contributed by atoms with Gasteiger partial charge in [0.15, 0.2) is 11.9 Å². The lowest BCUT2D eigenvalue weighted by molar-refractivity contribution is -0.138. The first-order chi connectivity index (χ1) is 12.4. The fraction of sp³-hybridized carbons (Fsp3) is 0.600. The van der Waals surface area contributed by atoms with Crippen LogP contribution in [-0.2, 0) is 9.53 Å². The molecule has 2 aromatic rings. The number of thioether (sulfide) groups is 1. The van der Waals surface area contributed by atoms with Gasteiger partial charge in [0.25, 0.3) is 0 Å². The van der Waals surface area contributed by atoms with Crippen molar-refractivity contribution >= 4 is 28.9 Å².